The number of pyridine rings is 1. The molecule has 0 atom stereocenters. The van der Waals surface area contributed by atoms with E-state index in [0.717, 1.165) is 75.6 Å². The third-order valence-electron chi connectivity index (χ3n) is 5.24. The Labute approximate surface area is 154 Å². The molecule has 7 heteroatoms. The zero-order valence-corrected chi connectivity index (χ0v) is 15.1. The summed E-state index contributed by atoms with van der Waals surface area (Å²) in [6.45, 7) is 4.98. The zero-order chi connectivity index (χ0) is 17.8. The Hall–Kier alpha value is -2.25. The fraction of sp³-hybridized carbons (Fsp3) is 0.526. The van der Waals surface area contributed by atoms with Crippen LogP contribution >= 0.6 is 0 Å². The van der Waals surface area contributed by atoms with Crippen LogP contribution in [-0.2, 0) is 19.4 Å². The molecule has 1 saturated heterocycles. The normalized spacial score (nSPS) is 18.9. The van der Waals surface area contributed by atoms with Gasteiger partial charge in [0.1, 0.15) is 5.82 Å². The number of rotatable bonds is 4. The summed E-state index contributed by atoms with van der Waals surface area (Å²) in [6.07, 6.45) is 5.94. The van der Waals surface area contributed by atoms with Gasteiger partial charge in [-0.15, -0.1) is 0 Å². The van der Waals surface area contributed by atoms with Gasteiger partial charge in [-0.25, -0.2) is 4.98 Å². The minimum absolute atomic E-state index is 0.376. The molecule has 0 bridgehead atoms. The van der Waals surface area contributed by atoms with Crippen molar-refractivity contribution in [3.05, 3.63) is 41.3 Å². The number of fused-ring (bicyclic) bond motifs is 1. The predicted molar refractivity (Wildman–Crippen MR) is 103 cm³/mol. The lowest BCUT2D eigenvalue weighted by molar-refractivity contribution is 0.209. The lowest BCUT2D eigenvalue weighted by Gasteiger charge is -2.32. The molecule has 7 nitrogen and oxygen atoms in total. The van der Waals surface area contributed by atoms with Crippen molar-refractivity contribution in [1.29, 1.82) is 0 Å². The number of nitrogens with one attached hydrogen (secondary N) is 2. The molecule has 0 aliphatic carbocycles. The average molecular weight is 353 g/mol. The van der Waals surface area contributed by atoms with Crippen molar-refractivity contribution < 1.29 is 0 Å². The molecule has 0 radical (unpaired) electrons. The van der Waals surface area contributed by atoms with Gasteiger partial charge < -0.3 is 16.4 Å². The molecule has 2 aliphatic rings. The van der Waals surface area contributed by atoms with Gasteiger partial charge in [0.15, 0.2) is 0 Å². The van der Waals surface area contributed by atoms with Gasteiger partial charge >= 0.3 is 0 Å². The van der Waals surface area contributed by atoms with Crippen LogP contribution in [0.4, 0.5) is 11.8 Å². The molecule has 4 N–H and O–H groups in total. The summed E-state index contributed by atoms with van der Waals surface area (Å²) in [6, 6.07) is 6.55. The standard InChI is InChI=1S/C19H27N7/c20-19-24-17-5-10-21-9-4-16(17)18(25-19)23-14-6-11-26(12-7-14)13-15-3-1-2-8-22-15/h1-3,8,14,21H,4-7,9-13H2,(H3,20,23,24,25). The predicted octanol–water partition coefficient (Wildman–Crippen LogP) is 1.22. The van der Waals surface area contributed by atoms with Crippen molar-refractivity contribution in [2.24, 2.45) is 0 Å². The van der Waals surface area contributed by atoms with Crippen molar-refractivity contribution in [3.8, 4) is 0 Å². The molecule has 0 unspecified atom stereocenters. The van der Waals surface area contributed by atoms with Crippen molar-refractivity contribution in [1.82, 2.24) is 25.2 Å². The molecule has 2 aromatic heterocycles. The average Bonchev–Trinajstić information content (AvgIpc) is 2.90. The van der Waals surface area contributed by atoms with Crippen LogP contribution in [0.15, 0.2) is 24.4 Å². The van der Waals surface area contributed by atoms with Crippen LogP contribution in [0.25, 0.3) is 0 Å². The minimum Gasteiger partial charge on any atom is -0.368 e. The quantitative estimate of drug-likeness (QED) is 0.761. The molecule has 0 spiro atoms. The number of piperidine rings is 1. The van der Waals surface area contributed by atoms with E-state index in [-0.39, 0.29) is 0 Å². The molecule has 2 aliphatic heterocycles. The minimum atomic E-state index is 0.376. The van der Waals surface area contributed by atoms with Gasteiger partial charge in [0.05, 0.1) is 11.4 Å². The van der Waals surface area contributed by atoms with Gasteiger partial charge in [-0.1, -0.05) is 6.07 Å². The number of nitrogen functional groups attached to an aromatic ring is 1. The van der Waals surface area contributed by atoms with Crippen LogP contribution < -0.4 is 16.4 Å². The van der Waals surface area contributed by atoms with E-state index in [1.54, 1.807) is 0 Å². The van der Waals surface area contributed by atoms with Gasteiger partial charge in [0, 0.05) is 50.4 Å². The molecule has 0 aromatic carbocycles. The first-order valence-electron chi connectivity index (χ1n) is 9.53. The number of likely N-dealkylation sites (tertiary alicyclic amines) is 1. The van der Waals surface area contributed by atoms with E-state index in [1.165, 1.54) is 5.56 Å². The molecule has 26 heavy (non-hydrogen) atoms. The molecule has 1 fully saturated rings. The van der Waals surface area contributed by atoms with Crippen LogP contribution in [0, 0.1) is 0 Å². The number of hydrogen-bond acceptors (Lipinski definition) is 7. The number of aromatic nitrogens is 3. The largest absolute Gasteiger partial charge is 0.368 e. The van der Waals surface area contributed by atoms with Crippen LogP contribution in [0.2, 0.25) is 0 Å². The second-order valence-electron chi connectivity index (χ2n) is 7.12. The molecular formula is C19H27N7. The van der Waals surface area contributed by atoms with Gasteiger partial charge in [-0.05, 0) is 37.9 Å². The number of hydrogen-bond donors (Lipinski definition) is 3. The number of nitrogens with zero attached hydrogens (tertiary/aromatic N) is 4. The van der Waals surface area contributed by atoms with E-state index in [2.05, 4.69) is 42.6 Å². The smallest absolute Gasteiger partial charge is 0.222 e. The summed E-state index contributed by atoms with van der Waals surface area (Å²) in [5, 5.41) is 7.09. The number of anilines is 2. The lowest BCUT2D eigenvalue weighted by atomic mass is 10.0. The maximum atomic E-state index is 5.95. The van der Waals surface area contributed by atoms with Crippen molar-refractivity contribution in [3.63, 3.8) is 0 Å². The van der Waals surface area contributed by atoms with Crippen molar-refractivity contribution in [2.75, 3.05) is 37.2 Å². The van der Waals surface area contributed by atoms with Gasteiger partial charge in [0.25, 0.3) is 0 Å². The van der Waals surface area contributed by atoms with E-state index in [9.17, 15) is 0 Å². The Morgan fingerprint density at radius 2 is 2.00 bits per heavy atom. The van der Waals surface area contributed by atoms with Crippen LogP contribution in [0.5, 0.6) is 0 Å². The molecule has 4 heterocycles. The first-order valence-corrected chi connectivity index (χ1v) is 9.53. The SMILES string of the molecule is Nc1nc2c(c(NC3CCN(Cc4ccccn4)CC3)n1)CCNCC2. The van der Waals surface area contributed by atoms with Crippen molar-refractivity contribution in [2.45, 2.75) is 38.3 Å². The van der Waals surface area contributed by atoms with E-state index >= 15 is 0 Å². The van der Waals surface area contributed by atoms with Crippen LogP contribution in [0.3, 0.4) is 0 Å². The number of nitrogens with two attached hydrogens (primary N) is 1. The zero-order valence-electron chi connectivity index (χ0n) is 15.1. The maximum absolute atomic E-state index is 5.95. The van der Waals surface area contributed by atoms with Gasteiger partial charge in [-0.2, -0.15) is 4.98 Å². The molecule has 4 rings (SSSR count). The lowest BCUT2D eigenvalue weighted by Crippen LogP contribution is -2.39. The van der Waals surface area contributed by atoms with Gasteiger partial charge in [-0.3, -0.25) is 9.88 Å². The Balaban J connectivity index is 1.38. The maximum Gasteiger partial charge on any atom is 0.222 e. The first-order chi connectivity index (χ1) is 12.8. The topological polar surface area (TPSA) is 92.0 Å². The third-order valence-corrected chi connectivity index (χ3v) is 5.24. The Bertz CT molecular complexity index is 726. The summed E-state index contributed by atoms with van der Waals surface area (Å²) in [5.41, 5.74) is 9.42. The fourth-order valence-corrected chi connectivity index (χ4v) is 3.83. The highest BCUT2D eigenvalue weighted by Crippen LogP contribution is 2.24. The summed E-state index contributed by atoms with van der Waals surface area (Å²) >= 11 is 0. The summed E-state index contributed by atoms with van der Waals surface area (Å²) in [4.78, 5) is 15.9. The van der Waals surface area contributed by atoms with Crippen LogP contribution in [0.1, 0.15) is 29.8 Å². The Kier molecular flexibility index (Phi) is 5.26. The molecule has 138 valence electrons. The summed E-state index contributed by atoms with van der Waals surface area (Å²) in [5.74, 6) is 1.32. The Morgan fingerprint density at radius 1 is 1.15 bits per heavy atom. The Morgan fingerprint density at radius 3 is 2.81 bits per heavy atom. The molecule has 2 aromatic rings. The van der Waals surface area contributed by atoms with Crippen LogP contribution in [-0.4, -0.2) is 52.1 Å². The summed E-state index contributed by atoms with van der Waals surface area (Å²) in [7, 11) is 0. The summed E-state index contributed by atoms with van der Waals surface area (Å²) < 4.78 is 0. The highest BCUT2D eigenvalue weighted by Gasteiger charge is 2.22. The van der Waals surface area contributed by atoms with Gasteiger partial charge in [0.2, 0.25) is 5.95 Å². The fourth-order valence-electron chi connectivity index (χ4n) is 3.83. The second kappa shape index (κ2) is 7.97. The van der Waals surface area contributed by atoms with E-state index < -0.39 is 0 Å². The first kappa shape index (κ1) is 17.2. The van der Waals surface area contributed by atoms with Crippen molar-refractivity contribution >= 4 is 11.8 Å². The second-order valence-corrected chi connectivity index (χ2v) is 7.12. The highest BCUT2D eigenvalue weighted by atomic mass is 15.2. The highest BCUT2D eigenvalue weighted by molar-refractivity contribution is 5.51. The third kappa shape index (κ3) is 4.11. The monoisotopic (exact) mass is 353 g/mol. The molecule has 0 saturated carbocycles. The molecule has 0 amide bonds. The van der Waals surface area contributed by atoms with E-state index in [1.807, 2.05) is 12.3 Å². The van der Waals surface area contributed by atoms with E-state index in [4.69, 9.17) is 5.73 Å². The van der Waals surface area contributed by atoms with E-state index in [0.29, 0.717) is 12.0 Å². The molecular weight excluding hydrogens is 326 g/mol.